The Morgan fingerprint density at radius 1 is 1.48 bits per heavy atom. The van der Waals surface area contributed by atoms with Gasteiger partial charge in [0.05, 0.1) is 13.7 Å². The lowest BCUT2D eigenvalue weighted by Gasteiger charge is -2.26. The van der Waals surface area contributed by atoms with E-state index >= 15 is 0 Å². The summed E-state index contributed by atoms with van der Waals surface area (Å²) in [7, 11) is -5.25. The second-order valence-electron chi connectivity index (χ2n) is 4.64. The van der Waals surface area contributed by atoms with Crippen molar-refractivity contribution in [1.29, 1.82) is 0 Å². The summed E-state index contributed by atoms with van der Waals surface area (Å²) in [5.74, 6) is -0.486. The van der Waals surface area contributed by atoms with Crippen LogP contribution in [-0.2, 0) is 29.6 Å². The fourth-order valence-corrected chi connectivity index (χ4v) is 5.77. The highest BCUT2D eigenvalue weighted by molar-refractivity contribution is 7.94. The number of ether oxygens (including phenoxy) is 1. The Morgan fingerprint density at radius 3 is 2.70 bits per heavy atom. The molecule has 12 heteroatoms. The molecule has 0 unspecified atom stereocenters. The van der Waals surface area contributed by atoms with Gasteiger partial charge in [-0.3, -0.25) is 9.10 Å². The highest BCUT2D eigenvalue weighted by Crippen LogP contribution is 2.37. The van der Waals surface area contributed by atoms with Gasteiger partial charge in [-0.05, 0) is 12.1 Å². The molecule has 0 saturated carbocycles. The van der Waals surface area contributed by atoms with Gasteiger partial charge in [0.25, 0.3) is 10.0 Å². The highest BCUT2D eigenvalue weighted by atomic mass is 32.3. The topological polar surface area (TPSA) is 136 Å². The molecule has 1 aliphatic rings. The van der Waals surface area contributed by atoms with E-state index in [9.17, 15) is 21.6 Å². The van der Waals surface area contributed by atoms with Crippen LogP contribution < -0.4 is 10.5 Å². The lowest BCUT2D eigenvalue weighted by Crippen LogP contribution is -2.35. The molecule has 0 aromatic carbocycles. The first-order chi connectivity index (χ1) is 10.6. The van der Waals surface area contributed by atoms with Gasteiger partial charge in [-0.15, -0.1) is 11.3 Å². The second kappa shape index (κ2) is 6.20. The minimum absolute atomic E-state index is 0.0826. The molecule has 0 aliphatic carbocycles. The first-order valence-electron chi connectivity index (χ1n) is 6.21. The monoisotopic (exact) mass is 381 g/mol. The lowest BCUT2D eigenvalue weighted by molar-refractivity contribution is -0.139. The van der Waals surface area contributed by atoms with E-state index in [1.807, 2.05) is 0 Å². The maximum absolute atomic E-state index is 12.4. The molecular formula is C11H15N3O6S3. The maximum Gasteiger partial charge on any atom is 0.319 e. The van der Waals surface area contributed by atoms with Crippen LogP contribution in [0.4, 0.5) is 0 Å². The van der Waals surface area contributed by atoms with E-state index in [1.54, 1.807) is 0 Å². The van der Waals surface area contributed by atoms with E-state index in [4.69, 9.17) is 5.14 Å². The Balaban J connectivity index is 2.36. The molecule has 0 fully saturated rings. The number of nitrogens with two attached hydrogens (primary N) is 1. The molecule has 1 aliphatic heterocycles. The molecule has 0 spiro atoms. The fraction of sp³-hybridized carbons (Fsp3) is 0.364. The number of primary sulfonamides is 1. The number of hydrogen-bond donors (Lipinski definition) is 2. The van der Waals surface area contributed by atoms with Crippen molar-refractivity contribution in [3.8, 4) is 0 Å². The fourth-order valence-electron chi connectivity index (χ4n) is 1.88. The summed E-state index contributed by atoms with van der Waals surface area (Å²) in [5.41, 5.74) is 0.618. The van der Waals surface area contributed by atoms with Gasteiger partial charge in [0.1, 0.15) is 8.42 Å². The maximum atomic E-state index is 12.4. The Morgan fingerprint density at radius 2 is 2.13 bits per heavy atom. The molecule has 23 heavy (non-hydrogen) atoms. The van der Waals surface area contributed by atoms with Crippen LogP contribution in [0.25, 0.3) is 6.08 Å². The number of nitrogens with one attached hydrogen (secondary N) is 1. The van der Waals surface area contributed by atoms with E-state index in [-0.39, 0.29) is 27.1 Å². The smallest absolute Gasteiger partial charge is 0.319 e. The average molecular weight is 381 g/mol. The van der Waals surface area contributed by atoms with E-state index < -0.39 is 26.0 Å². The molecule has 128 valence electrons. The number of rotatable bonds is 5. The normalized spacial score (nSPS) is 16.7. The number of esters is 1. The van der Waals surface area contributed by atoms with Crippen LogP contribution in [0, 0.1) is 0 Å². The van der Waals surface area contributed by atoms with Crippen molar-refractivity contribution >= 4 is 43.4 Å². The number of hydrogen-bond acceptors (Lipinski definition) is 8. The van der Waals surface area contributed by atoms with Gasteiger partial charge in [-0.1, -0.05) is 0 Å². The molecule has 0 atom stereocenters. The molecule has 1 aromatic heterocycles. The summed E-state index contributed by atoms with van der Waals surface area (Å²) in [6, 6.07) is 1.22. The van der Waals surface area contributed by atoms with Crippen molar-refractivity contribution in [2.24, 2.45) is 5.14 Å². The number of fused-ring (bicyclic) bond motifs is 1. The van der Waals surface area contributed by atoms with Crippen LogP contribution >= 0.6 is 11.3 Å². The number of carbonyl (C=O) groups is 1. The first kappa shape index (κ1) is 17.9. The molecule has 2 rings (SSSR count). The van der Waals surface area contributed by atoms with Gasteiger partial charge in [0, 0.05) is 24.9 Å². The summed E-state index contributed by atoms with van der Waals surface area (Å²) in [6.45, 7) is 0.00543. The zero-order valence-corrected chi connectivity index (χ0v) is 14.7. The van der Waals surface area contributed by atoms with Crippen molar-refractivity contribution in [3.63, 3.8) is 0 Å². The second-order valence-corrected chi connectivity index (χ2v) is 9.65. The minimum Gasteiger partial charge on any atom is -0.468 e. The minimum atomic E-state index is -3.98. The number of methoxy groups -OCH3 is 1. The quantitative estimate of drug-likeness (QED) is 0.633. The van der Waals surface area contributed by atoms with Crippen molar-refractivity contribution in [1.82, 2.24) is 9.62 Å². The number of thiophene rings is 1. The Bertz CT molecular complexity index is 869. The van der Waals surface area contributed by atoms with Gasteiger partial charge in [-0.25, -0.2) is 22.0 Å². The summed E-state index contributed by atoms with van der Waals surface area (Å²) in [5, 5.41) is 7.80. The zero-order valence-electron chi connectivity index (χ0n) is 12.3. The SMILES string of the molecule is COC(=O)CNCC1=Cc2cc(S(N)(=O)=O)sc2S(=O)(=O)N1C. The molecule has 2 heterocycles. The van der Waals surface area contributed by atoms with Crippen LogP contribution in [0.1, 0.15) is 5.56 Å². The van der Waals surface area contributed by atoms with E-state index in [1.165, 1.54) is 26.3 Å². The molecule has 0 saturated heterocycles. The predicted octanol–water partition coefficient (Wildman–Crippen LogP) is -0.867. The third kappa shape index (κ3) is 3.55. The molecule has 0 radical (unpaired) electrons. The summed E-state index contributed by atoms with van der Waals surface area (Å²) in [4.78, 5) is 11.1. The predicted molar refractivity (Wildman–Crippen MR) is 83.5 cm³/mol. The molecule has 1 aromatic rings. The van der Waals surface area contributed by atoms with Crippen molar-refractivity contribution < 1.29 is 26.4 Å². The van der Waals surface area contributed by atoms with Gasteiger partial charge in [0.15, 0.2) is 0 Å². The third-order valence-electron chi connectivity index (χ3n) is 3.11. The number of carbonyl (C=O) groups excluding carboxylic acids is 1. The average Bonchev–Trinajstić information content (AvgIpc) is 2.89. The van der Waals surface area contributed by atoms with Crippen molar-refractivity contribution in [2.75, 3.05) is 27.2 Å². The van der Waals surface area contributed by atoms with Crippen LogP contribution in [0.3, 0.4) is 0 Å². The van der Waals surface area contributed by atoms with Crippen LogP contribution in [0.5, 0.6) is 0 Å². The molecular weight excluding hydrogens is 366 g/mol. The number of likely N-dealkylation sites (N-methyl/N-ethyl adjacent to an activating group) is 1. The summed E-state index contributed by atoms with van der Waals surface area (Å²) < 4.78 is 52.9. The van der Waals surface area contributed by atoms with Gasteiger partial charge >= 0.3 is 5.97 Å². The number of nitrogens with zero attached hydrogens (tertiary/aromatic N) is 1. The van der Waals surface area contributed by atoms with E-state index in [0.717, 1.165) is 4.31 Å². The van der Waals surface area contributed by atoms with Gasteiger partial charge in [-0.2, -0.15) is 0 Å². The van der Waals surface area contributed by atoms with Crippen molar-refractivity contribution in [3.05, 3.63) is 17.3 Å². The Labute approximate surface area is 137 Å². The molecule has 9 nitrogen and oxygen atoms in total. The van der Waals surface area contributed by atoms with Crippen LogP contribution in [0.15, 0.2) is 20.2 Å². The third-order valence-corrected chi connectivity index (χ3v) is 8.01. The van der Waals surface area contributed by atoms with Crippen LogP contribution in [-0.4, -0.2) is 54.4 Å². The molecule has 0 amide bonds. The molecule has 0 bridgehead atoms. The zero-order chi connectivity index (χ0) is 17.4. The summed E-state index contributed by atoms with van der Waals surface area (Å²) in [6.07, 6.45) is 1.53. The summed E-state index contributed by atoms with van der Waals surface area (Å²) >= 11 is 0.606. The first-order valence-corrected chi connectivity index (χ1v) is 10.0. The number of sulfonamides is 2. The van der Waals surface area contributed by atoms with Gasteiger partial charge < -0.3 is 10.1 Å². The largest absolute Gasteiger partial charge is 0.468 e. The van der Waals surface area contributed by atoms with Crippen molar-refractivity contribution in [2.45, 2.75) is 8.42 Å². The Hall–Kier alpha value is -1.47. The lowest BCUT2D eigenvalue weighted by atomic mass is 10.2. The highest BCUT2D eigenvalue weighted by Gasteiger charge is 2.33. The molecule has 3 N–H and O–H groups in total. The van der Waals surface area contributed by atoms with E-state index in [0.29, 0.717) is 17.0 Å². The standard InChI is InChI=1S/C11H15N3O6S3/c1-14-8(5-13-6-9(15)20-2)3-7-4-10(22(12,16)17)21-11(7)23(14,18)19/h3-4,13H,5-6H2,1-2H3,(H2,12,16,17). The Kier molecular flexibility index (Phi) is 4.82. The van der Waals surface area contributed by atoms with Crippen LogP contribution in [0.2, 0.25) is 0 Å². The van der Waals surface area contributed by atoms with Gasteiger partial charge in [0.2, 0.25) is 10.0 Å². The van der Waals surface area contributed by atoms with E-state index in [2.05, 4.69) is 10.1 Å².